The maximum Gasteiger partial charge on any atom is 0.416 e. The predicted molar refractivity (Wildman–Crippen MR) is 123 cm³/mol. The molecule has 5 heteroatoms. The molecule has 4 aromatic carbocycles. The Morgan fingerprint density at radius 2 is 1.62 bits per heavy atom. The summed E-state index contributed by atoms with van der Waals surface area (Å²) >= 11 is 0. The Morgan fingerprint density at radius 1 is 0.875 bits per heavy atom. The number of benzene rings is 4. The summed E-state index contributed by atoms with van der Waals surface area (Å²) < 4.78 is 44.3. The molecule has 0 fully saturated rings. The van der Waals surface area contributed by atoms with E-state index in [2.05, 4.69) is 24.4 Å². The highest BCUT2D eigenvalue weighted by atomic mass is 19.4. The van der Waals surface area contributed by atoms with Crippen LogP contribution in [0.4, 0.5) is 13.2 Å². The highest BCUT2D eigenvalue weighted by molar-refractivity contribution is 5.97. The second kappa shape index (κ2) is 9.05. The third-order valence-electron chi connectivity index (χ3n) is 5.65. The van der Waals surface area contributed by atoms with E-state index in [1.54, 1.807) is 19.2 Å². The summed E-state index contributed by atoms with van der Waals surface area (Å²) in [5.74, 6) is 0.812. The molecule has 0 aromatic heterocycles. The predicted octanol–water partition coefficient (Wildman–Crippen LogP) is 7.39. The number of hydrogen-bond donors (Lipinski definition) is 1. The third kappa shape index (κ3) is 4.78. The molecular formula is C27H24F3NO. The van der Waals surface area contributed by atoms with E-state index in [0.717, 1.165) is 50.9 Å². The first-order chi connectivity index (χ1) is 15.3. The van der Waals surface area contributed by atoms with Crippen LogP contribution in [0.1, 0.15) is 29.7 Å². The normalized spacial score (nSPS) is 12.7. The lowest BCUT2D eigenvalue weighted by Gasteiger charge is -2.17. The zero-order valence-corrected chi connectivity index (χ0v) is 17.9. The molecule has 0 saturated heterocycles. The quantitative estimate of drug-likeness (QED) is 0.341. The molecule has 4 rings (SSSR count). The van der Waals surface area contributed by atoms with Crippen molar-refractivity contribution >= 4 is 10.8 Å². The van der Waals surface area contributed by atoms with Crippen LogP contribution in [0.15, 0.2) is 84.9 Å². The lowest BCUT2D eigenvalue weighted by Crippen LogP contribution is -2.18. The second-order valence-electron chi connectivity index (χ2n) is 7.82. The van der Waals surface area contributed by atoms with Gasteiger partial charge in [0.2, 0.25) is 0 Å². The Morgan fingerprint density at radius 3 is 2.34 bits per heavy atom. The second-order valence-corrected chi connectivity index (χ2v) is 7.82. The van der Waals surface area contributed by atoms with E-state index in [4.69, 9.17) is 4.74 Å². The smallest absolute Gasteiger partial charge is 0.416 e. The van der Waals surface area contributed by atoms with Crippen LogP contribution in [-0.4, -0.2) is 7.11 Å². The standard InChI is InChI=1S/C27H24F3NO/c1-18(21-7-5-8-24(16-21)32-2)31-17-19-14-22-6-3-4-9-25(22)26(15-19)20-10-12-23(13-11-20)27(28,29)30/h3-16,18,31H,17H2,1-2H3. The van der Waals surface area contributed by atoms with Gasteiger partial charge >= 0.3 is 6.18 Å². The Hall–Kier alpha value is -3.31. The van der Waals surface area contributed by atoms with Crippen LogP contribution in [0.25, 0.3) is 21.9 Å². The van der Waals surface area contributed by atoms with Crippen molar-refractivity contribution in [2.24, 2.45) is 0 Å². The molecular weight excluding hydrogens is 411 g/mol. The van der Waals surface area contributed by atoms with Gasteiger partial charge in [-0.3, -0.25) is 0 Å². The van der Waals surface area contributed by atoms with Crippen LogP contribution < -0.4 is 10.1 Å². The van der Waals surface area contributed by atoms with Gasteiger partial charge in [-0.1, -0.05) is 48.5 Å². The average Bonchev–Trinajstić information content (AvgIpc) is 2.81. The van der Waals surface area contributed by atoms with Gasteiger partial charge < -0.3 is 10.1 Å². The van der Waals surface area contributed by atoms with Gasteiger partial charge in [0, 0.05) is 12.6 Å². The first kappa shape index (κ1) is 21.9. The molecule has 32 heavy (non-hydrogen) atoms. The van der Waals surface area contributed by atoms with E-state index >= 15 is 0 Å². The van der Waals surface area contributed by atoms with Gasteiger partial charge in [-0.05, 0) is 76.3 Å². The molecule has 0 bridgehead atoms. The minimum absolute atomic E-state index is 0.103. The van der Waals surface area contributed by atoms with Crippen molar-refractivity contribution < 1.29 is 17.9 Å². The zero-order chi connectivity index (χ0) is 22.7. The molecule has 0 saturated carbocycles. The molecule has 2 nitrogen and oxygen atoms in total. The fraction of sp³-hybridized carbons (Fsp3) is 0.185. The maximum absolute atomic E-state index is 13.0. The topological polar surface area (TPSA) is 21.3 Å². The van der Waals surface area contributed by atoms with Gasteiger partial charge in [0.15, 0.2) is 0 Å². The van der Waals surface area contributed by atoms with Gasteiger partial charge in [0.1, 0.15) is 5.75 Å². The number of ether oxygens (including phenoxy) is 1. The monoisotopic (exact) mass is 435 g/mol. The fourth-order valence-electron chi connectivity index (χ4n) is 3.85. The number of rotatable bonds is 6. The molecule has 0 aliphatic heterocycles. The van der Waals surface area contributed by atoms with E-state index in [-0.39, 0.29) is 6.04 Å². The lowest BCUT2D eigenvalue weighted by atomic mass is 9.94. The molecule has 0 amide bonds. The molecule has 0 aliphatic rings. The van der Waals surface area contributed by atoms with Crippen LogP contribution in [0.2, 0.25) is 0 Å². The van der Waals surface area contributed by atoms with Gasteiger partial charge in [-0.25, -0.2) is 0 Å². The Bertz CT molecular complexity index is 1220. The molecule has 0 heterocycles. The molecule has 4 aromatic rings. The van der Waals surface area contributed by atoms with Gasteiger partial charge in [-0.2, -0.15) is 13.2 Å². The van der Waals surface area contributed by atoms with Gasteiger partial charge in [0.05, 0.1) is 12.7 Å². The third-order valence-corrected chi connectivity index (χ3v) is 5.65. The summed E-state index contributed by atoms with van der Waals surface area (Å²) in [6.45, 7) is 2.71. The summed E-state index contributed by atoms with van der Waals surface area (Å²) in [7, 11) is 1.65. The van der Waals surface area contributed by atoms with E-state index < -0.39 is 11.7 Å². The van der Waals surface area contributed by atoms with Crippen LogP contribution in [0.5, 0.6) is 5.75 Å². The molecule has 1 atom stereocenters. The summed E-state index contributed by atoms with van der Waals surface area (Å²) in [6, 6.07) is 25.5. The van der Waals surface area contributed by atoms with Crippen LogP contribution >= 0.6 is 0 Å². The van der Waals surface area contributed by atoms with Crippen molar-refractivity contribution in [2.75, 3.05) is 7.11 Å². The highest BCUT2D eigenvalue weighted by Gasteiger charge is 2.30. The van der Waals surface area contributed by atoms with Crippen molar-refractivity contribution in [3.63, 3.8) is 0 Å². The average molecular weight is 435 g/mol. The van der Waals surface area contributed by atoms with Gasteiger partial charge in [0.25, 0.3) is 0 Å². The highest BCUT2D eigenvalue weighted by Crippen LogP contribution is 2.34. The van der Waals surface area contributed by atoms with Crippen LogP contribution in [0.3, 0.4) is 0 Å². The minimum atomic E-state index is -4.34. The summed E-state index contributed by atoms with van der Waals surface area (Å²) in [5.41, 5.74) is 3.22. The van der Waals surface area contributed by atoms with E-state index in [0.29, 0.717) is 6.54 Å². The van der Waals surface area contributed by atoms with E-state index in [1.165, 1.54) is 0 Å². The first-order valence-electron chi connectivity index (χ1n) is 10.4. The number of fused-ring (bicyclic) bond motifs is 1. The summed E-state index contributed by atoms with van der Waals surface area (Å²) in [6.07, 6.45) is -4.34. The summed E-state index contributed by atoms with van der Waals surface area (Å²) in [5, 5.41) is 5.60. The molecule has 1 N–H and O–H groups in total. The van der Waals surface area contributed by atoms with E-state index in [1.807, 2.05) is 48.5 Å². The van der Waals surface area contributed by atoms with E-state index in [9.17, 15) is 13.2 Å². The van der Waals surface area contributed by atoms with Crippen molar-refractivity contribution in [3.05, 3.63) is 102 Å². The summed E-state index contributed by atoms with van der Waals surface area (Å²) in [4.78, 5) is 0. The van der Waals surface area contributed by atoms with Crippen molar-refractivity contribution in [1.29, 1.82) is 0 Å². The van der Waals surface area contributed by atoms with Crippen LogP contribution in [-0.2, 0) is 12.7 Å². The molecule has 1 unspecified atom stereocenters. The van der Waals surface area contributed by atoms with Crippen LogP contribution in [0, 0.1) is 0 Å². The first-order valence-corrected chi connectivity index (χ1v) is 10.4. The maximum atomic E-state index is 13.0. The fourth-order valence-corrected chi connectivity index (χ4v) is 3.85. The molecule has 0 radical (unpaired) electrons. The number of alkyl halides is 3. The molecule has 0 aliphatic carbocycles. The zero-order valence-electron chi connectivity index (χ0n) is 17.9. The largest absolute Gasteiger partial charge is 0.497 e. The molecule has 0 spiro atoms. The minimum Gasteiger partial charge on any atom is -0.497 e. The number of nitrogens with one attached hydrogen (secondary N) is 1. The van der Waals surface area contributed by atoms with Crippen molar-refractivity contribution in [2.45, 2.75) is 25.7 Å². The number of methoxy groups -OCH3 is 1. The van der Waals surface area contributed by atoms with Crippen molar-refractivity contribution in [1.82, 2.24) is 5.32 Å². The number of halogens is 3. The van der Waals surface area contributed by atoms with Crippen molar-refractivity contribution in [3.8, 4) is 16.9 Å². The Labute approximate surface area is 185 Å². The molecule has 164 valence electrons. The lowest BCUT2D eigenvalue weighted by molar-refractivity contribution is -0.137. The number of hydrogen-bond acceptors (Lipinski definition) is 2. The van der Waals surface area contributed by atoms with Gasteiger partial charge in [-0.15, -0.1) is 0 Å². The SMILES string of the molecule is COc1cccc(C(C)NCc2cc(-c3ccc(C(F)(F)F)cc3)c3ccccc3c2)c1. The Balaban J connectivity index is 1.63. The Kier molecular flexibility index (Phi) is 6.19.